The van der Waals surface area contributed by atoms with Crippen molar-refractivity contribution in [3.8, 4) is 0 Å². The van der Waals surface area contributed by atoms with Gasteiger partial charge < -0.3 is 30.3 Å². The summed E-state index contributed by atoms with van der Waals surface area (Å²) in [6.45, 7) is 1.77. The van der Waals surface area contributed by atoms with Gasteiger partial charge >= 0.3 is 12.0 Å². The van der Waals surface area contributed by atoms with Gasteiger partial charge in [0.25, 0.3) is 0 Å². The van der Waals surface area contributed by atoms with Crippen LogP contribution in [0.3, 0.4) is 0 Å². The standard InChI is InChI=1S/C11H22N2O6/c1-11(17,4-9(14)15)7-13-10(16)12-5-8(19-3)6-18-2/h8,17H,4-7H2,1-3H3,(H,14,15)(H2,12,13,16). The number of carbonyl (C=O) groups excluding carboxylic acids is 1. The first-order valence-corrected chi connectivity index (χ1v) is 5.78. The van der Waals surface area contributed by atoms with Gasteiger partial charge in [-0.25, -0.2) is 4.79 Å². The van der Waals surface area contributed by atoms with Gasteiger partial charge in [0.15, 0.2) is 0 Å². The summed E-state index contributed by atoms with van der Waals surface area (Å²) in [5, 5.41) is 23.2. The molecule has 0 radical (unpaired) electrons. The monoisotopic (exact) mass is 278 g/mol. The minimum atomic E-state index is -1.49. The molecule has 0 aliphatic heterocycles. The Morgan fingerprint density at radius 2 is 1.95 bits per heavy atom. The van der Waals surface area contributed by atoms with Gasteiger partial charge in [-0.2, -0.15) is 0 Å². The molecule has 0 spiro atoms. The highest BCUT2D eigenvalue weighted by Gasteiger charge is 2.24. The fourth-order valence-electron chi connectivity index (χ4n) is 1.32. The van der Waals surface area contributed by atoms with Gasteiger partial charge in [0.1, 0.15) is 0 Å². The van der Waals surface area contributed by atoms with Gasteiger partial charge in [-0.15, -0.1) is 0 Å². The molecular weight excluding hydrogens is 256 g/mol. The van der Waals surface area contributed by atoms with Crippen LogP contribution in [0, 0.1) is 0 Å². The lowest BCUT2D eigenvalue weighted by Gasteiger charge is -2.22. The first-order valence-electron chi connectivity index (χ1n) is 5.78. The van der Waals surface area contributed by atoms with Crippen LogP contribution in [0.5, 0.6) is 0 Å². The van der Waals surface area contributed by atoms with Crippen LogP contribution in [0.2, 0.25) is 0 Å². The van der Waals surface area contributed by atoms with Crippen LogP contribution < -0.4 is 10.6 Å². The van der Waals surface area contributed by atoms with E-state index in [-0.39, 0.29) is 19.2 Å². The summed E-state index contributed by atoms with van der Waals surface area (Å²) in [6.07, 6.45) is -0.715. The van der Waals surface area contributed by atoms with Gasteiger partial charge in [0.2, 0.25) is 0 Å². The van der Waals surface area contributed by atoms with Gasteiger partial charge in [-0.3, -0.25) is 4.79 Å². The molecule has 4 N–H and O–H groups in total. The Balaban J connectivity index is 3.95. The number of carboxylic acids is 1. The Morgan fingerprint density at radius 3 is 2.42 bits per heavy atom. The molecule has 0 aromatic heterocycles. The molecule has 19 heavy (non-hydrogen) atoms. The average molecular weight is 278 g/mol. The SMILES string of the molecule is COCC(CNC(=O)NCC(C)(O)CC(=O)O)OC. The first kappa shape index (κ1) is 17.6. The van der Waals surface area contributed by atoms with E-state index in [0.29, 0.717) is 6.61 Å². The Morgan fingerprint density at radius 1 is 1.32 bits per heavy atom. The minimum Gasteiger partial charge on any atom is -0.481 e. The van der Waals surface area contributed by atoms with E-state index in [1.165, 1.54) is 21.1 Å². The third kappa shape index (κ3) is 9.23. The van der Waals surface area contributed by atoms with Crippen LogP contribution in [0.25, 0.3) is 0 Å². The maximum absolute atomic E-state index is 11.4. The number of carboxylic acid groups (broad SMARTS) is 1. The number of aliphatic carboxylic acids is 1. The number of nitrogens with one attached hydrogen (secondary N) is 2. The normalized spacial score (nSPS) is 15.4. The summed E-state index contributed by atoms with van der Waals surface area (Å²) in [5.74, 6) is -1.13. The molecule has 0 aliphatic carbocycles. The number of hydrogen-bond donors (Lipinski definition) is 4. The molecule has 0 saturated heterocycles. The highest BCUT2D eigenvalue weighted by Crippen LogP contribution is 2.06. The first-order chi connectivity index (χ1) is 8.80. The van der Waals surface area contributed by atoms with Crippen molar-refractivity contribution in [3.05, 3.63) is 0 Å². The van der Waals surface area contributed by atoms with E-state index in [9.17, 15) is 14.7 Å². The summed E-state index contributed by atoms with van der Waals surface area (Å²) >= 11 is 0. The molecule has 8 nitrogen and oxygen atoms in total. The highest BCUT2D eigenvalue weighted by molar-refractivity contribution is 5.74. The predicted molar refractivity (Wildman–Crippen MR) is 67.0 cm³/mol. The van der Waals surface area contributed by atoms with Gasteiger partial charge in [0.05, 0.1) is 24.7 Å². The number of methoxy groups -OCH3 is 2. The van der Waals surface area contributed by atoms with Crippen molar-refractivity contribution in [1.82, 2.24) is 10.6 Å². The average Bonchev–Trinajstić information content (AvgIpc) is 2.30. The third-order valence-corrected chi connectivity index (χ3v) is 2.34. The van der Waals surface area contributed by atoms with Crippen LogP contribution in [-0.2, 0) is 14.3 Å². The Kier molecular flexibility index (Phi) is 8.05. The molecule has 8 heteroatoms. The molecule has 0 fully saturated rings. The van der Waals surface area contributed by atoms with Gasteiger partial charge in [0, 0.05) is 27.3 Å². The second-order valence-corrected chi connectivity index (χ2v) is 4.44. The molecule has 0 heterocycles. The van der Waals surface area contributed by atoms with Crippen molar-refractivity contribution in [1.29, 1.82) is 0 Å². The number of ether oxygens (including phenoxy) is 2. The van der Waals surface area contributed by atoms with Crippen LogP contribution >= 0.6 is 0 Å². The van der Waals surface area contributed by atoms with E-state index < -0.39 is 24.0 Å². The summed E-state index contributed by atoms with van der Waals surface area (Å²) < 4.78 is 9.93. The molecule has 0 bridgehead atoms. The lowest BCUT2D eigenvalue weighted by Crippen LogP contribution is -2.47. The maximum atomic E-state index is 11.4. The molecule has 2 atom stereocenters. The largest absolute Gasteiger partial charge is 0.481 e. The van der Waals surface area contributed by atoms with Crippen molar-refractivity contribution in [2.75, 3.05) is 33.9 Å². The zero-order valence-electron chi connectivity index (χ0n) is 11.4. The topological polar surface area (TPSA) is 117 Å². The van der Waals surface area contributed by atoms with Gasteiger partial charge in [-0.1, -0.05) is 0 Å². The molecule has 0 saturated carbocycles. The van der Waals surface area contributed by atoms with Crippen molar-refractivity contribution >= 4 is 12.0 Å². The molecule has 0 rings (SSSR count). The zero-order chi connectivity index (χ0) is 14.9. The maximum Gasteiger partial charge on any atom is 0.314 e. The van der Waals surface area contributed by atoms with E-state index in [1.807, 2.05) is 0 Å². The molecule has 0 aliphatic rings. The van der Waals surface area contributed by atoms with E-state index in [4.69, 9.17) is 14.6 Å². The molecule has 2 unspecified atom stereocenters. The summed E-state index contributed by atoms with van der Waals surface area (Å²) in [5.41, 5.74) is -1.49. The summed E-state index contributed by atoms with van der Waals surface area (Å²) in [6, 6.07) is -0.510. The molecule has 112 valence electrons. The van der Waals surface area contributed by atoms with Gasteiger partial charge in [-0.05, 0) is 6.92 Å². The Labute approximate surface area is 112 Å². The summed E-state index contributed by atoms with van der Waals surface area (Å²) in [7, 11) is 3.02. The molecular formula is C11H22N2O6. The number of aliphatic hydroxyl groups is 1. The minimum absolute atomic E-state index is 0.160. The Bertz CT molecular complexity index is 295. The van der Waals surface area contributed by atoms with Crippen molar-refractivity contribution < 1.29 is 29.3 Å². The third-order valence-electron chi connectivity index (χ3n) is 2.34. The zero-order valence-corrected chi connectivity index (χ0v) is 11.4. The van der Waals surface area contributed by atoms with Crippen molar-refractivity contribution in [2.45, 2.75) is 25.0 Å². The van der Waals surface area contributed by atoms with E-state index in [2.05, 4.69) is 10.6 Å². The van der Waals surface area contributed by atoms with Crippen LogP contribution in [0.1, 0.15) is 13.3 Å². The van der Waals surface area contributed by atoms with E-state index in [0.717, 1.165) is 0 Å². The molecule has 0 aromatic carbocycles. The fourth-order valence-corrected chi connectivity index (χ4v) is 1.32. The lowest BCUT2D eigenvalue weighted by molar-refractivity contribution is -0.141. The number of rotatable bonds is 9. The van der Waals surface area contributed by atoms with Crippen LogP contribution in [0.4, 0.5) is 4.79 Å². The molecule has 2 amide bonds. The number of amides is 2. The highest BCUT2D eigenvalue weighted by atomic mass is 16.5. The second-order valence-electron chi connectivity index (χ2n) is 4.44. The van der Waals surface area contributed by atoms with E-state index >= 15 is 0 Å². The lowest BCUT2D eigenvalue weighted by atomic mass is 10.0. The Hall–Kier alpha value is -1.38. The number of urea groups is 1. The van der Waals surface area contributed by atoms with Crippen molar-refractivity contribution in [2.24, 2.45) is 0 Å². The fraction of sp³-hybridized carbons (Fsp3) is 0.818. The summed E-state index contributed by atoms with van der Waals surface area (Å²) in [4.78, 5) is 21.9. The van der Waals surface area contributed by atoms with E-state index in [1.54, 1.807) is 0 Å². The number of hydrogen-bond acceptors (Lipinski definition) is 5. The van der Waals surface area contributed by atoms with Crippen molar-refractivity contribution in [3.63, 3.8) is 0 Å². The predicted octanol–water partition coefficient (Wildman–Crippen LogP) is -0.827. The number of carbonyl (C=O) groups is 2. The van der Waals surface area contributed by atoms with Crippen LogP contribution in [-0.4, -0.2) is 67.8 Å². The molecule has 0 aromatic rings. The quantitative estimate of drug-likeness (QED) is 0.437. The smallest absolute Gasteiger partial charge is 0.314 e. The second kappa shape index (κ2) is 8.68. The van der Waals surface area contributed by atoms with Crippen LogP contribution in [0.15, 0.2) is 0 Å².